The number of amides is 1. The lowest BCUT2D eigenvalue weighted by Gasteiger charge is -2.35. The van der Waals surface area contributed by atoms with Gasteiger partial charge in [-0.1, -0.05) is 6.92 Å². The second kappa shape index (κ2) is 9.92. The number of likely N-dealkylation sites (tertiary alicyclic amines) is 1. The number of nitrogens with zero attached hydrogens (tertiary/aromatic N) is 3. The molecular formula is C21H28N4O3. The van der Waals surface area contributed by atoms with Crippen molar-refractivity contribution in [1.29, 1.82) is 0 Å². The predicted molar refractivity (Wildman–Crippen MR) is 108 cm³/mol. The number of benzene rings is 1. The molecule has 1 atom stereocenters. The molecule has 28 heavy (non-hydrogen) atoms. The lowest BCUT2D eigenvalue weighted by molar-refractivity contribution is 0.0602. The van der Waals surface area contributed by atoms with Crippen molar-refractivity contribution < 1.29 is 14.3 Å². The number of nitrogens with one attached hydrogen (secondary N) is 1. The van der Waals surface area contributed by atoms with Gasteiger partial charge < -0.3 is 19.7 Å². The van der Waals surface area contributed by atoms with Gasteiger partial charge >= 0.3 is 0 Å². The highest BCUT2D eigenvalue weighted by atomic mass is 16.5. The zero-order valence-electron chi connectivity index (χ0n) is 16.6. The Labute approximate surface area is 166 Å². The van der Waals surface area contributed by atoms with E-state index >= 15 is 0 Å². The number of carbonyl (C=O) groups is 1. The Morgan fingerprint density at radius 2 is 2.00 bits per heavy atom. The second-order valence-corrected chi connectivity index (χ2v) is 6.80. The summed E-state index contributed by atoms with van der Waals surface area (Å²) >= 11 is 0. The molecule has 1 aliphatic heterocycles. The quantitative estimate of drug-likeness (QED) is 0.703. The van der Waals surface area contributed by atoms with E-state index in [0.29, 0.717) is 30.7 Å². The highest BCUT2D eigenvalue weighted by Gasteiger charge is 2.27. The van der Waals surface area contributed by atoms with Crippen LogP contribution in [0.5, 0.6) is 11.5 Å². The Hall–Kier alpha value is -2.83. The number of hydrogen-bond acceptors (Lipinski definition) is 6. The van der Waals surface area contributed by atoms with Gasteiger partial charge in [0.25, 0.3) is 5.91 Å². The Balaban J connectivity index is 1.52. The maximum Gasteiger partial charge on any atom is 0.272 e. The van der Waals surface area contributed by atoms with E-state index in [0.717, 1.165) is 37.3 Å². The molecule has 1 aromatic heterocycles. The molecule has 3 rings (SSSR count). The van der Waals surface area contributed by atoms with Crippen molar-refractivity contribution in [3.05, 3.63) is 42.4 Å². The van der Waals surface area contributed by atoms with Gasteiger partial charge in [-0.05, 0) is 49.9 Å². The lowest BCUT2D eigenvalue weighted by atomic mass is 9.99. The van der Waals surface area contributed by atoms with Crippen LogP contribution in [-0.2, 0) is 0 Å². The Kier molecular flexibility index (Phi) is 7.06. The molecule has 0 bridgehead atoms. The molecule has 2 heterocycles. The van der Waals surface area contributed by atoms with Gasteiger partial charge in [0.05, 0.1) is 13.7 Å². The minimum atomic E-state index is -0.00789. The summed E-state index contributed by atoms with van der Waals surface area (Å²) in [6.45, 7) is 3.98. The first-order valence-corrected chi connectivity index (χ1v) is 9.85. The Morgan fingerprint density at radius 3 is 2.75 bits per heavy atom. The number of aromatic nitrogens is 2. The van der Waals surface area contributed by atoms with Crippen LogP contribution in [0.4, 0.5) is 5.82 Å². The van der Waals surface area contributed by atoms with E-state index in [2.05, 4.69) is 22.2 Å². The van der Waals surface area contributed by atoms with Crippen LogP contribution in [0.25, 0.3) is 0 Å². The maximum atomic E-state index is 12.9. The highest BCUT2D eigenvalue weighted by Crippen LogP contribution is 2.22. The van der Waals surface area contributed by atoms with Crippen molar-refractivity contribution in [2.24, 2.45) is 0 Å². The minimum Gasteiger partial charge on any atom is -0.497 e. The molecule has 0 aliphatic carbocycles. The predicted octanol–water partition coefficient (Wildman–Crippen LogP) is 3.38. The van der Waals surface area contributed by atoms with Gasteiger partial charge in [-0.25, -0.2) is 9.97 Å². The van der Waals surface area contributed by atoms with Gasteiger partial charge in [-0.3, -0.25) is 4.79 Å². The number of methoxy groups -OCH3 is 1. The summed E-state index contributed by atoms with van der Waals surface area (Å²) in [7, 11) is 1.63. The fraction of sp³-hybridized carbons (Fsp3) is 0.476. The van der Waals surface area contributed by atoms with E-state index in [9.17, 15) is 4.79 Å². The third-order valence-electron chi connectivity index (χ3n) is 4.98. The van der Waals surface area contributed by atoms with Gasteiger partial charge in [0.2, 0.25) is 0 Å². The van der Waals surface area contributed by atoms with Crippen LogP contribution in [0.2, 0.25) is 0 Å². The summed E-state index contributed by atoms with van der Waals surface area (Å²) in [5.41, 5.74) is 0.439. The number of piperidine rings is 1. The smallest absolute Gasteiger partial charge is 0.272 e. The van der Waals surface area contributed by atoms with Crippen molar-refractivity contribution in [3.8, 4) is 11.5 Å². The average Bonchev–Trinajstić information content (AvgIpc) is 2.76. The van der Waals surface area contributed by atoms with Crippen LogP contribution >= 0.6 is 0 Å². The third-order valence-corrected chi connectivity index (χ3v) is 4.98. The molecule has 7 heteroatoms. The second-order valence-electron chi connectivity index (χ2n) is 6.80. The molecule has 0 saturated carbocycles. The van der Waals surface area contributed by atoms with Crippen LogP contribution in [0.15, 0.2) is 36.7 Å². The fourth-order valence-electron chi connectivity index (χ4n) is 3.43. The molecule has 1 fully saturated rings. The van der Waals surface area contributed by atoms with Crippen LogP contribution in [0.1, 0.15) is 43.1 Å². The first-order valence-electron chi connectivity index (χ1n) is 9.85. The molecular weight excluding hydrogens is 356 g/mol. The molecule has 1 saturated heterocycles. The average molecular weight is 384 g/mol. The maximum absolute atomic E-state index is 12.9. The van der Waals surface area contributed by atoms with Crippen molar-refractivity contribution in [2.45, 2.75) is 38.6 Å². The zero-order chi connectivity index (χ0) is 19.8. The topological polar surface area (TPSA) is 76.6 Å². The summed E-state index contributed by atoms with van der Waals surface area (Å²) in [5, 5.41) is 3.19. The molecule has 7 nitrogen and oxygen atoms in total. The van der Waals surface area contributed by atoms with E-state index in [1.54, 1.807) is 13.2 Å². The number of carbonyl (C=O) groups excluding carboxylic acids is 1. The van der Waals surface area contributed by atoms with Gasteiger partial charge in [-0.2, -0.15) is 0 Å². The lowest BCUT2D eigenvalue weighted by Crippen LogP contribution is -2.43. The van der Waals surface area contributed by atoms with Crippen LogP contribution in [0, 0.1) is 0 Å². The van der Waals surface area contributed by atoms with Crippen molar-refractivity contribution >= 4 is 11.7 Å². The van der Waals surface area contributed by atoms with Crippen LogP contribution in [-0.4, -0.2) is 53.6 Å². The highest BCUT2D eigenvalue weighted by molar-refractivity contribution is 5.93. The van der Waals surface area contributed by atoms with Gasteiger partial charge in [-0.15, -0.1) is 0 Å². The molecule has 0 radical (unpaired) electrons. The van der Waals surface area contributed by atoms with Crippen molar-refractivity contribution in [3.63, 3.8) is 0 Å². The summed E-state index contributed by atoms with van der Waals surface area (Å²) in [6, 6.07) is 9.47. The number of hydrogen-bond donors (Lipinski definition) is 1. The van der Waals surface area contributed by atoms with E-state index in [4.69, 9.17) is 9.47 Å². The standard InChI is InChI=1S/C21H28N4O3/c1-3-16-6-4-5-12-25(16)21(26)19-14-20(24-15-23-19)22-11-13-28-18-9-7-17(27-2)8-10-18/h7-10,14-16H,3-6,11-13H2,1-2H3,(H,22,23,24). The minimum absolute atomic E-state index is 0.00789. The fourth-order valence-corrected chi connectivity index (χ4v) is 3.43. The van der Waals surface area contributed by atoms with Gasteiger partial charge in [0.15, 0.2) is 0 Å². The van der Waals surface area contributed by atoms with E-state index in [1.807, 2.05) is 29.2 Å². The van der Waals surface area contributed by atoms with Crippen molar-refractivity contribution in [1.82, 2.24) is 14.9 Å². The Morgan fingerprint density at radius 1 is 1.21 bits per heavy atom. The number of anilines is 1. The normalized spacial score (nSPS) is 16.5. The van der Waals surface area contributed by atoms with Crippen molar-refractivity contribution in [2.75, 3.05) is 32.1 Å². The molecule has 150 valence electrons. The molecule has 1 N–H and O–H groups in total. The SMILES string of the molecule is CCC1CCCCN1C(=O)c1cc(NCCOc2ccc(OC)cc2)ncn1. The molecule has 1 unspecified atom stereocenters. The summed E-state index contributed by atoms with van der Waals surface area (Å²) in [5.74, 6) is 2.19. The number of rotatable bonds is 8. The molecule has 1 amide bonds. The largest absolute Gasteiger partial charge is 0.497 e. The first-order chi connectivity index (χ1) is 13.7. The van der Waals surface area contributed by atoms with E-state index in [-0.39, 0.29) is 5.91 Å². The van der Waals surface area contributed by atoms with Gasteiger partial charge in [0.1, 0.15) is 35.9 Å². The monoisotopic (exact) mass is 384 g/mol. The number of ether oxygens (including phenoxy) is 2. The molecule has 1 aliphatic rings. The first kappa shape index (κ1) is 19.9. The van der Waals surface area contributed by atoms with Crippen LogP contribution in [0.3, 0.4) is 0 Å². The van der Waals surface area contributed by atoms with Crippen LogP contribution < -0.4 is 14.8 Å². The molecule has 0 spiro atoms. The summed E-state index contributed by atoms with van der Waals surface area (Å²) in [4.78, 5) is 23.2. The zero-order valence-corrected chi connectivity index (χ0v) is 16.6. The Bertz CT molecular complexity index is 767. The third kappa shape index (κ3) is 5.12. The van der Waals surface area contributed by atoms with E-state index in [1.165, 1.54) is 12.7 Å². The molecule has 2 aromatic rings. The summed E-state index contributed by atoms with van der Waals surface area (Å²) in [6.07, 6.45) is 5.73. The summed E-state index contributed by atoms with van der Waals surface area (Å²) < 4.78 is 10.8. The van der Waals surface area contributed by atoms with E-state index < -0.39 is 0 Å². The van der Waals surface area contributed by atoms with Gasteiger partial charge in [0, 0.05) is 18.7 Å². The molecule has 1 aromatic carbocycles.